The third kappa shape index (κ3) is 2.94. The maximum Gasteiger partial charge on any atom is 0.0628 e. The van der Waals surface area contributed by atoms with Gasteiger partial charge in [0.2, 0.25) is 0 Å². The summed E-state index contributed by atoms with van der Waals surface area (Å²) in [5, 5.41) is 8.15. The van der Waals surface area contributed by atoms with Crippen molar-refractivity contribution in [3.05, 3.63) is 17.0 Å². The number of nitrogens with one attached hydrogen (secondary N) is 1. The van der Waals surface area contributed by atoms with Crippen molar-refractivity contribution in [2.24, 2.45) is 5.92 Å². The molecule has 0 bridgehead atoms. The molecule has 1 N–H and O–H groups in total. The van der Waals surface area contributed by atoms with Crippen molar-refractivity contribution in [1.82, 2.24) is 15.1 Å². The molecule has 1 aromatic rings. The molecule has 18 heavy (non-hydrogen) atoms. The van der Waals surface area contributed by atoms with Crippen LogP contribution < -0.4 is 5.32 Å². The highest BCUT2D eigenvalue weighted by molar-refractivity contribution is 5.25. The molecule has 0 saturated heterocycles. The van der Waals surface area contributed by atoms with Gasteiger partial charge in [-0.2, -0.15) is 5.10 Å². The Morgan fingerprint density at radius 1 is 1.39 bits per heavy atom. The second-order valence-electron chi connectivity index (χ2n) is 5.63. The normalized spacial score (nSPS) is 17.1. The maximum atomic E-state index is 4.77. The van der Waals surface area contributed by atoms with E-state index in [4.69, 9.17) is 5.10 Å². The summed E-state index contributed by atoms with van der Waals surface area (Å²) < 4.78 is 2.27. The van der Waals surface area contributed by atoms with Gasteiger partial charge < -0.3 is 5.32 Å². The van der Waals surface area contributed by atoms with Crippen molar-refractivity contribution in [2.45, 2.75) is 59.4 Å². The van der Waals surface area contributed by atoms with Crippen LogP contribution in [0.2, 0.25) is 0 Å². The lowest BCUT2D eigenvalue weighted by atomic mass is 10.1. The van der Waals surface area contributed by atoms with Gasteiger partial charge in [-0.25, -0.2) is 0 Å². The summed E-state index contributed by atoms with van der Waals surface area (Å²) in [7, 11) is 0. The Kier molecular flexibility index (Phi) is 4.44. The van der Waals surface area contributed by atoms with Gasteiger partial charge in [-0.3, -0.25) is 4.68 Å². The van der Waals surface area contributed by atoms with Crippen LogP contribution >= 0.6 is 0 Å². The number of aryl methyl sites for hydroxylation is 1. The smallest absolute Gasteiger partial charge is 0.0628 e. The molecular weight excluding hydrogens is 222 g/mol. The standard InChI is InChI=1S/C15H27N3/c1-5-16-10-6-7-15-11(2)17-18(13(15)4)12(3)14-8-9-14/h12,14,16H,5-10H2,1-4H3. The molecule has 1 unspecified atom stereocenters. The molecule has 1 aliphatic rings. The number of rotatable bonds is 7. The molecule has 1 aromatic heterocycles. The summed E-state index contributed by atoms with van der Waals surface area (Å²) in [4.78, 5) is 0. The van der Waals surface area contributed by atoms with Crippen molar-refractivity contribution in [1.29, 1.82) is 0 Å². The predicted octanol–water partition coefficient (Wildman–Crippen LogP) is 3.01. The van der Waals surface area contributed by atoms with Crippen LogP contribution in [0.4, 0.5) is 0 Å². The monoisotopic (exact) mass is 249 g/mol. The van der Waals surface area contributed by atoms with E-state index in [1.807, 2.05) is 0 Å². The maximum absolute atomic E-state index is 4.77. The molecule has 0 radical (unpaired) electrons. The van der Waals surface area contributed by atoms with Crippen LogP contribution in [-0.2, 0) is 6.42 Å². The van der Waals surface area contributed by atoms with Crippen LogP contribution in [0.25, 0.3) is 0 Å². The summed E-state index contributed by atoms with van der Waals surface area (Å²) in [6.45, 7) is 11.0. The Bertz CT molecular complexity index is 391. The topological polar surface area (TPSA) is 29.9 Å². The second-order valence-corrected chi connectivity index (χ2v) is 5.63. The third-order valence-electron chi connectivity index (χ3n) is 4.20. The zero-order valence-electron chi connectivity index (χ0n) is 12.3. The quantitative estimate of drug-likeness (QED) is 0.753. The van der Waals surface area contributed by atoms with Gasteiger partial charge in [-0.1, -0.05) is 6.92 Å². The van der Waals surface area contributed by atoms with Crippen LogP contribution in [-0.4, -0.2) is 22.9 Å². The fourth-order valence-electron chi connectivity index (χ4n) is 2.80. The van der Waals surface area contributed by atoms with Gasteiger partial charge in [0.25, 0.3) is 0 Å². The van der Waals surface area contributed by atoms with Crippen molar-refractivity contribution < 1.29 is 0 Å². The van der Waals surface area contributed by atoms with Gasteiger partial charge in [0.05, 0.1) is 11.7 Å². The molecule has 0 aliphatic heterocycles. The van der Waals surface area contributed by atoms with E-state index in [-0.39, 0.29) is 0 Å². The van der Waals surface area contributed by atoms with Crippen LogP contribution in [0.15, 0.2) is 0 Å². The number of hydrogen-bond donors (Lipinski definition) is 1. The molecule has 2 rings (SSSR count). The largest absolute Gasteiger partial charge is 0.317 e. The Morgan fingerprint density at radius 3 is 2.72 bits per heavy atom. The van der Waals surface area contributed by atoms with Gasteiger partial charge in [0.15, 0.2) is 0 Å². The predicted molar refractivity (Wildman–Crippen MR) is 76.0 cm³/mol. The first kappa shape index (κ1) is 13.6. The fourth-order valence-corrected chi connectivity index (χ4v) is 2.80. The average Bonchev–Trinajstić information content (AvgIpc) is 3.14. The summed E-state index contributed by atoms with van der Waals surface area (Å²) in [5.74, 6) is 0.873. The van der Waals surface area contributed by atoms with Gasteiger partial charge in [0, 0.05) is 5.69 Å². The number of aromatic nitrogens is 2. The lowest BCUT2D eigenvalue weighted by molar-refractivity contribution is 0.429. The Labute approximate surface area is 111 Å². The Balaban J connectivity index is 2.01. The highest BCUT2D eigenvalue weighted by atomic mass is 15.3. The Morgan fingerprint density at radius 2 is 2.11 bits per heavy atom. The number of nitrogens with zero attached hydrogens (tertiary/aromatic N) is 2. The molecule has 1 saturated carbocycles. The van der Waals surface area contributed by atoms with E-state index in [9.17, 15) is 0 Å². The van der Waals surface area contributed by atoms with Crippen LogP contribution in [0.3, 0.4) is 0 Å². The van der Waals surface area contributed by atoms with Gasteiger partial charge in [-0.15, -0.1) is 0 Å². The van der Waals surface area contributed by atoms with Crippen LogP contribution in [0.5, 0.6) is 0 Å². The fraction of sp³-hybridized carbons (Fsp3) is 0.800. The minimum Gasteiger partial charge on any atom is -0.317 e. The van der Waals surface area contributed by atoms with Crippen molar-refractivity contribution in [2.75, 3.05) is 13.1 Å². The average molecular weight is 249 g/mol. The van der Waals surface area contributed by atoms with Gasteiger partial charge in [-0.05, 0) is 71.0 Å². The summed E-state index contributed by atoms with van der Waals surface area (Å²) >= 11 is 0. The van der Waals surface area contributed by atoms with E-state index in [2.05, 4.69) is 37.7 Å². The number of hydrogen-bond acceptors (Lipinski definition) is 2. The SMILES string of the molecule is CCNCCCc1c(C)nn(C(C)C2CC2)c1C. The molecule has 1 fully saturated rings. The van der Waals surface area contributed by atoms with Crippen molar-refractivity contribution in [3.63, 3.8) is 0 Å². The lowest BCUT2D eigenvalue weighted by Crippen LogP contribution is -2.15. The van der Waals surface area contributed by atoms with Crippen molar-refractivity contribution >= 4 is 0 Å². The van der Waals surface area contributed by atoms with E-state index in [1.54, 1.807) is 0 Å². The molecule has 3 heteroatoms. The molecule has 0 amide bonds. The van der Waals surface area contributed by atoms with Gasteiger partial charge in [0.1, 0.15) is 0 Å². The van der Waals surface area contributed by atoms with E-state index in [1.165, 1.54) is 36.2 Å². The third-order valence-corrected chi connectivity index (χ3v) is 4.20. The zero-order valence-corrected chi connectivity index (χ0v) is 12.3. The highest BCUT2D eigenvalue weighted by Gasteiger charge is 2.31. The molecule has 1 heterocycles. The molecule has 102 valence electrons. The molecular formula is C15H27N3. The summed E-state index contributed by atoms with van der Waals surface area (Å²) in [5.41, 5.74) is 4.10. The zero-order chi connectivity index (χ0) is 13.1. The van der Waals surface area contributed by atoms with E-state index in [0.717, 1.165) is 25.4 Å². The molecule has 0 aromatic carbocycles. The minimum absolute atomic E-state index is 0.589. The summed E-state index contributed by atoms with van der Waals surface area (Å²) in [6.07, 6.45) is 5.13. The Hall–Kier alpha value is -0.830. The van der Waals surface area contributed by atoms with E-state index in [0.29, 0.717) is 6.04 Å². The lowest BCUT2D eigenvalue weighted by Gasteiger charge is -2.13. The highest BCUT2D eigenvalue weighted by Crippen LogP contribution is 2.40. The molecule has 0 spiro atoms. The van der Waals surface area contributed by atoms with Gasteiger partial charge >= 0.3 is 0 Å². The molecule has 3 nitrogen and oxygen atoms in total. The van der Waals surface area contributed by atoms with E-state index >= 15 is 0 Å². The van der Waals surface area contributed by atoms with Crippen LogP contribution in [0.1, 0.15) is 56.1 Å². The van der Waals surface area contributed by atoms with E-state index < -0.39 is 0 Å². The second kappa shape index (κ2) is 5.87. The first-order valence-corrected chi connectivity index (χ1v) is 7.40. The molecule has 1 atom stereocenters. The summed E-state index contributed by atoms with van der Waals surface area (Å²) in [6, 6.07) is 0.589. The van der Waals surface area contributed by atoms with Crippen molar-refractivity contribution in [3.8, 4) is 0 Å². The first-order chi connectivity index (χ1) is 8.65. The van der Waals surface area contributed by atoms with Crippen LogP contribution in [0, 0.1) is 19.8 Å². The molecule has 1 aliphatic carbocycles. The minimum atomic E-state index is 0.589. The first-order valence-electron chi connectivity index (χ1n) is 7.40.